The second kappa shape index (κ2) is 5.68. The first kappa shape index (κ1) is 15.2. The first-order valence-corrected chi connectivity index (χ1v) is 7.22. The Morgan fingerprint density at radius 3 is 2.30 bits per heavy atom. The number of benzene rings is 1. The van der Waals surface area contributed by atoms with E-state index < -0.39 is 5.51 Å². The highest BCUT2D eigenvalue weighted by Gasteiger charge is 2.33. The maximum absolute atomic E-state index is 12.2. The van der Waals surface area contributed by atoms with Crippen molar-refractivity contribution in [1.29, 1.82) is 0 Å². The summed E-state index contributed by atoms with van der Waals surface area (Å²) >= 11 is -0.174. The molecule has 110 valence electrons. The van der Waals surface area contributed by atoms with Crippen LogP contribution in [0.1, 0.15) is 30.1 Å². The molecule has 0 radical (unpaired) electrons. The summed E-state index contributed by atoms with van der Waals surface area (Å²) in [4.78, 5) is 14.0. The lowest BCUT2D eigenvalue weighted by Crippen LogP contribution is -2.36. The van der Waals surface area contributed by atoms with E-state index in [0.717, 1.165) is 12.8 Å². The number of halogens is 3. The van der Waals surface area contributed by atoms with Crippen molar-refractivity contribution in [2.75, 3.05) is 7.05 Å². The van der Waals surface area contributed by atoms with Crippen molar-refractivity contribution in [3.63, 3.8) is 0 Å². The number of alkyl halides is 3. The molecule has 1 aromatic carbocycles. The number of hydrogen-bond acceptors (Lipinski definition) is 2. The van der Waals surface area contributed by atoms with Crippen LogP contribution in [0.4, 0.5) is 13.2 Å². The quantitative estimate of drug-likeness (QED) is 0.778. The Balaban J connectivity index is 2.03. The Morgan fingerprint density at radius 1 is 1.30 bits per heavy atom. The van der Waals surface area contributed by atoms with E-state index in [1.807, 2.05) is 6.92 Å². The zero-order chi connectivity index (χ0) is 14.9. The van der Waals surface area contributed by atoms with Gasteiger partial charge in [0.15, 0.2) is 0 Å². The van der Waals surface area contributed by atoms with Crippen molar-refractivity contribution in [2.24, 2.45) is 5.92 Å². The third-order valence-electron chi connectivity index (χ3n) is 3.57. The standard InChI is InChI=1S/C14H16F3NOS/c1-9(10-3-4-10)18(2)13(19)11-5-7-12(8-6-11)20-14(15,16)17/h5-10H,3-4H2,1-2H3. The molecule has 0 heterocycles. The lowest BCUT2D eigenvalue weighted by molar-refractivity contribution is -0.0328. The molecule has 1 fully saturated rings. The fraction of sp³-hybridized carbons (Fsp3) is 0.500. The molecule has 1 aliphatic carbocycles. The molecule has 0 aromatic heterocycles. The Bertz CT molecular complexity index is 482. The zero-order valence-electron chi connectivity index (χ0n) is 11.3. The summed E-state index contributed by atoms with van der Waals surface area (Å²) in [5.41, 5.74) is -3.88. The average Bonchev–Trinajstić information content (AvgIpc) is 3.19. The first-order valence-electron chi connectivity index (χ1n) is 6.41. The number of thioether (sulfide) groups is 1. The minimum Gasteiger partial charge on any atom is -0.339 e. The lowest BCUT2D eigenvalue weighted by atomic mass is 10.1. The Hall–Kier alpha value is -1.17. The van der Waals surface area contributed by atoms with Gasteiger partial charge in [0.1, 0.15) is 0 Å². The van der Waals surface area contributed by atoms with Gasteiger partial charge in [0.2, 0.25) is 0 Å². The minimum atomic E-state index is -4.30. The normalized spacial score (nSPS) is 16.9. The Labute approximate surface area is 120 Å². The van der Waals surface area contributed by atoms with Crippen LogP contribution in [0, 0.1) is 5.92 Å². The molecule has 0 N–H and O–H groups in total. The van der Waals surface area contributed by atoms with Gasteiger partial charge in [-0.15, -0.1) is 0 Å². The van der Waals surface area contributed by atoms with Crippen molar-refractivity contribution < 1.29 is 18.0 Å². The highest BCUT2D eigenvalue weighted by molar-refractivity contribution is 8.00. The summed E-state index contributed by atoms with van der Waals surface area (Å²) < 4.78 is 36.7. The van der Waals surface area contributed by atoms with E-state index in [1.165, 1.54) is 24.3 Å². The Kier molecular flexibility index (Phi) is 4.32. The van der Waals surface area contributed by atoms with Crippen LogP contribution in [0.2, 0.25) is 0 Å². The minimum absolute atomic E-state index is 0.0898. The van der Waals surface area contributed by atoms with E-state index in [1.54, 1.807) is 11.9 Å². The molecule has 1 amide bonds. The summed E-state index contributed by atoms with van der Waals surface area (Å²) in [6, 6.07) is 5.74. The number of rotatable bonds is 4. The largest absolute Gasteiger partial charge is 0.446 e. The molecule has 1 unspecified atom stereocenters. The molecule has 0 spiro atoms. The predicted molar refractivity (Wildman–Crippen MR) is 72.6 cm³/mol. The zero-order valence-corrected chi connectivity index (χ0v) is 12.1. The summed E-state index contributed by atoms with van der Waals surface area (Å²) in [5, 5.41) is 0. The highest BCUT2D eigenvalue weighted by Crippen LogP contribution is 2.37. The SMILES string of the molecule is CC(C1CC1)N(C)C(=O)c1ccc(SC(F)(F)F)cc1. The van der Waals surface area contributed by atoms with E-state index in [2.05, 4.69) is 0 Å². The van der Waals surface area contributed by atoms with E-state index in [9.17, 15) is 18.0 Å². The molecule has 2 rings (SSSR count). The van der Waals surface area contributed by atoms with E-state index in [-0.39, 0.29) is 28.6 Å². The highest BCUT2D eigenvalue weighted by atomic mass is 32.2. The summed E-state index contributed by atoms with van der Waals surface area (Å²) in [5.74, 6) is 0.414. The van der Waals surface area contributed by atoms with Crippen LogP contribution in [0.5, 0.6) is 0 Å². The van der Waals surface area contributed by atoms with Gasteiger partial charge in [0, 0.05) is 23.5 Å². The second-order valence-corrected chi connectivity index (χ2v) is 6.20. The van der Waals surface area contributed by atoms with Gasteiger partial charge in [0.05, 0.1) is 0 Å². The average molecular weight is 303 g/mol. The topological polar surface area (TPSA) is 20.3 Å². The van der Waals surface area contributed by atoms with Crippen LogP contribution in [-0.2, 0) is 0 Å². The van der Waals surface area contributed by atoms with Crippen molar-refractivity contribution in [1.82, 2.24) is 4.90 Å². The molecule has 1 aromatic rings. The van der Waals surface area contributed by atoms with Crippen molar-refractivity contribution >= 4 is 17.7 Å². The van der Waals surface area contributed by atoms with Crippen LogP contribution < -0.4 is 0 Å². The van der Waals surface area contributed by atoms with Crippen LogP contribution >= 0.6 is 11.8 Å². The Morgan fingerprint density at radius 2 is 1.85 bits per heavy atom. The van der Waals surface area contributed by atoms with Gasteiger partial charge in [-0.2, -0.15) is 13.2 Å². The second-order valence-electron chi connectivity index (χ2n) is 5.07. The summed E-state index contributed by atoms with van der Waals surface area (Å²) in [6.07, 6.45) is 2.28. The third-order valence-corrected chi connectivity index (χ3v) is 4.31. The number of carbonyl (C=O) groups excluding carboxylic acids is 1. The van der Waals surface area contributed by atoms with Crippen LogP contribution in [0.3, 0.4) is 0 Å². The molecule has 1 atom stereocenters. The van der Waals surface area contributed by atoms with Crippen molar-refractivity contribution in [2.45, 2.75) is 36.2 Å². The lowest BCUT2D eigenvalue weighted by Gasteiger charge is -2.25. The van der Waals surface area contributed by atoms with Gasteiger partial charge < -0.3 is 4.90 Å². The summed E-state index contributed by atoms with van der Waals surface area (Å²) in [7, 11) is 1.74. The van der Waals surface area contributed by atoms with Crippen molar-refractivity contribution in [3.8, 4) is 0 Å². The summed E-state index contributed by atoms with van der Waals surface area (Å²) in [6.45, 7) is 2.00. The van der Waals surface area contributed by atoms with Gasteiger partial charge in [0.25, 0.3) is 5.91 Å². The van der Waals surface area contributed by atoms with Crippen LogP contribution in [-0.4, -0.2) is 29.4 Å². The van der Waals surface area contributed by atoms with Gasteiger partial charge in [-0.1, -0.05) is 0 Å². The fourth-order valence-corrected chi connectivity index (χ4v) is 2.62. The van der Waals surface area contributed by atoms with E-state index in [4.69, 9.17) is 0 Å². The molecular formula is C14H16F3NOS. The van der Waals surface area contributed by atoms with E-state index >= 15 is 0 Å². The maximum atomic E-state index is 12.2. The van der Waals surface area contributed by atoms with Gasteiger partial charge in [-0.25, -0.2) is 0 Å². The maximum Gasteiger partial charge on any atom is 0.446 e. The van der Waals surface area contributed by atoms with Crippen LogP contribution in [0.15, 0.2) is 29.2 Å². The number of carbonyl (C=O) groups is 1. The molecule has 2 nitrogen and oxygen atoms in total. The monoisotopic (exact) mass is 303 g/mol. The molecular weight excluding hydrogens is 287 g/mol. The van der Waals surface area contributed by atoms with Crippen LogP contribution in [0.25, 0.3) is 0 Å². The predicted octanol–water partition coefficient (Wildman–Crippen LogP) is 4.17. The number of amides is 1. The van der Waals surface area contributed by atoms with Gasteiger partial charge >= 0.3 is 5.51 Å². The molecule has 6 heteroatoms. The molecule has 0 aliphatic heterocycles. The molecule has 20 heavy (non-hydrogen) atoms. The van der Waals surface area contributed by atoms with Crippen molar-refractivity contribution in [3.05, 3.63) is 29.8 Å². The number of nitrogens with zero attached hydrogens (tertiary/aromatic N) is 1. The molecule has 1 aliphatic rings. The molecule has 0 saturated heterocycles. The number of hydrogen-bond donors (Lipinski definition) is 0. The van der Waals surface area contributed by atoms with Gasteiger partial charge in [-0.3, -0.25) is 4.79 Å². The first-order chi connectivity index (χ1) is 9.28. The molecule has 1 saturated carbocycles. The van der Waals surface area contributed by atoms with Gasteiger partial charge in [-0.05, 0) is 61.7 Å². The fourth-order valence-electron chi connectivity index (χ4n) is 2.08. The smallest absolute Gasteiger partial charge is 0.339 e. The third kappa shape index (κ3) is 3.91. The van der Waals surface area contributed by atoms with E-state index in [0.29, 0.717) is 11.5 Å². The molecule has 0 bridgehead atoms.